The molecule has 94 valence electrons. The lowest BCUT2D eigenvalue weighted by Crippen LogP contribution is -2.16. The summed E-state index contributed by atoms with van der Waals surface area (Å²) in [4.78, 5) is 8.79. The lowest BCUT2D eigenvalue weighted by Gasteiger charge is -2.13. The zero-order valence-electron chi connectivity index (χ0n) is 10.9. The minimum Gasteiger partial charge on any atom is -0.322 e. The van der Waals surface area contributed by atoms with Crippen molar-refractivity contribution in [3.05, 3.63) is 59.2 Å². The zero-order valence-corrected chi connectivity index (χ0v) is 10.9. The fourth-order valence-corrected chi connectivity index (χ4v) is 1.99. The molecule has 2 aromatic rings. The summed E-state index contributed by atoms with van der Waals surface area (Å²) in [6, 6.07) is 8.04. The maximum absolute atomic E-state index is 6.20. The molecular formula is C15H19N3. The molecule has 3 heteroatoms. The summed E-state index contributed by atoms with van der Waals surface area (Å²) in [5.41, 5.74) is 10.6. The summed E-state index contributed by atoms with van der Waals surface area (Å²) in [6.07, 6.45) is 5.45. The van der Waals surface area contributed by atoms with E-state index < -0.39 is 0 Å². The van der Waals surface area contributed by atoms with Crippen LogP contribution in [0, 0.1) is 6.92 Å². The highest BCUT2D eigenvalue weighted by Crippen LogP contribution is 2.16. The Morgan fingerprint density at radius 1 is 1.22 bits per heavy atom. The largest absolute Gasteiger partial charge is 0.322 e. The lowest BCUT2D eigenvalue weighted by atomic mass is 10.0. The standard InChI is InChI=1S/C15H19N3/c1-3-12-6-7-13(18-10-12)9-14(16)15-11(2)5-4-8-17-15/h4-8,10,14H,3,9,16H2,1-2H3. The van der Waals surface area contributed by atoms with Gasteiger partial charge in [0.05, 0.1) is 11.7 Å². The summed E-state index contributed by atoms with van der Waals surface area (Å²) in [6.45, 7) is 4.16. The molecule has 0 saturated carbocycles. The average molecular weight is 241 g/mol. The first-order valence-electron chi connectivity index (χ1n) is 6.31. The normalized spacial score (nSPS) is 12.4. The molecule has 2 rings (SSSR count). The molecule has 0 fully saturated rings. The fourth-order valence-electron chi connectivity index (χ4n) is 1.99. The molecule has 0 aliphatic rings. The van der Waals surface area contributed by atoms with Gasteiger partial charge in [0.15, 0.2) is 0 Å². The predicted molar refractivity (Wildman–Crippen MR) is 73.2 cm³/mol. The van der Waals surface area contributed by atoms with Gasteiger partial charge in [-0.15, -0.1) is 0 Å². The Labute approximate surface area is 108 Å². The minimum atomic E-state index is -0.0915. The van der Waals surface area contributed by atoms with E-state index in [-0.39, 0.29) is 6.04 Å². The number of pyridine rings is 2. The molecular weight excluding hydrogens is 222 g/mol. The Balaban J connectivity index is 2.11. The van der Waals surface area contributed by atoms with E-state index in [2.05, 4.69) is 29.0 Å². The number of aryl methyl sites for hydroxylation is 2. The van der Waals surface area contributed by atoms with Crippen LogP contribution in [0.4, 0.5) is 0 Å². The molecule has 0 aliphatic heterocycles. The number of aromatic nitrogens is 2. The highest BCUT2D eigenvalue weighted by molar-refractivity contribution is 5.23. The molecule has 0 radical (unpaired) electrons. The van der Waals surface area contributed by atoms with Gasteiger partial charge in [-0.2, -0.15) is 0 Å². The number of rotatable bonds is 4. The molecule has 0 saturated heterocycles. The lowest BCUT2D eigenvalue weighted by molar-refractivity contribution is 0.677. The Hall–Kier alpha value is -1.74. The van der Waals surface area contributed by atoms with Gasteiger partial charge >= 0.3 is 0 Å². The van der Waals surface area contributed by atoms with Crippen LogP contribution < -0.4 is 5.73 Å². The van der Waals surface area contributed by atoms with E-state index in [1.807, 2.05) is 25.3 Å². The van der Waals surface area contributed by atoms with Crippen molar-refractivity contribution in [2.75, 3.05) is 0 Å². The summed E-state index contributed by atoms with van der Waals surface area (Å²) >= 11 is 0. The van der Waals surface area contributed by atoms with Gasteiger partial charge < -0.3 is 5.73 Å². The van der Waals surface area contributed by atoms with Crippen LogP contribution in [0.2, 0.25) is 0 Å². The maximum Gasteiger partial charge on any atom is 0.0604 e. The Bertz CT molecular complexity index is 505. The second kappa shape index (κ2) is 5.74. The van der Waals surface area contributed by atoms with Crippen molar-refractivity contribution in [1.29, 1.82) is 0 Å². The molecule has 0 aliphatic carbocycles. The summed E-state index contributed by atoms with van der Waals surface area (Å²) in [5.74, 6) is 0. The number of nitrogens with two attached hydrogens (primary N) is 1. The van der Waals surface area contributed by atoms with Gasteiger partial charge in [0.25, 0.3) is 0 Å². The second-order valence-corrected chi connectivity index (χ2v) is 4.53. The van der Waals surface area contributed by atoms with E-state index in [0.29, 0.717) is 0 Å². The van der Waals surface area contributed by atoms with Gasteiger partial charge in [-0.05, 0) is 36.6 Å². The van der Waals surface area contributed by atoms with Crippen molar-refractivity contribution in [2.24, 2.45) is 5.73 Å². The average Bonchev–Trinajstić information content (AvgIpc) is 2.40. The van der Waals surface area contributed by atoms with Crippen molar-refractivity contribution in [3.63, 3.8) is 0 Å². The van der Waals surface area contributed by atoms with Gasteiger partial charge in [0, 0.05) is 24.5 Å². The van der Waals surface area contributed by atoms with Gasteiger partial charge in [-0.1, -0.05) is 19.1 Å². The molecule has 3 nitrogen and oxygen atoms in total. The molecule has 1 unspecified atom stereocenters. The van der Waals surface area contributed by atoms with Crippen molar-refractivity contribution in [3.8, 4) is 0 Å². The van der Waals surface area contributed by atoms with Crippen molar-refractivity contribution < 1.29 is 0 Å². The Morgan fingerprint density at radius 2 is 2.06 bits per heavy atom. The van der Waals surface area contributed by atoms with E-state index in [9.17, 15) is 0 Å². The monoisotopic (exact) mass is 241 g/mol. The van der Waals surface area contributed by atoms with Gasteiger partial charge in [-0.3, -0.25) is 9.97 Å². The van der Waals surface area contributed by atoms with Crippen molar-refractivity contribution in [2.45, 2.75) is 32.7 Å². The van der Waals surface area contributed by atoms with Gasteiger partial charge in [0.2, 0.25) is 0 Å². The van der Waals surface area contributed by atoms with E-state index in [0.717, 1.165) is 29.8 Å². The molecule has 2 N–H and O–H groups in total. The Morgan fingerprint density at radius 3 is 2.67 bits per heavy atom. The van der Waals surface area contributed by atoms with E-state index in [1.54, 1.807) is 6.20 Å². The fraction of sp³-hybridized carbons (Fsp3) is 0.333. The number of hydrogen-bond acceptors (Lipinski definition) is 3. The van der Waals surface area contributed by atoms with Crippen molar-refractivity contribution in [1.82, 2.24) is 9.97 Å². The van der Waals surface area contributed by atoms with E-state index in [1.165, 1.54) is 5.56 Å². The van der Waals surface area contributed by atoms with Crippen LogP contribution in [-0.2, 0) is 12.8 Å². The van der Waals surface area contributed by atoms with Gasteiger partial charge in [0.1, 0.15) is 0 Å². The first-order chi connectivity index (χ1) is 8.70. The maximum atomic E-state index is 6.20. The van der Waals surface area contributed by atoms with Crippen LogP contribution in [0.25, 0.3) is 0 Å². The molecule has 0 amide bonds. The van der Waals surface area contributed by atoms with Crippen LogP contribution in [-0.4, -0.2) is 9.97 Å². The van der Waals surface area contributed by atoms with Crippen LogP contribution in [0.15, 0.2) is 36.7 Å². The molecule has 0 aromatic carbocycles. The summed E-state index contributed by atoms with van der Waals surface area (Å²) in [5, 5.41) is 0. The quantitative estimate of drug-likeness (QED) is 0.895. The van der Waals surface area contributed by atoms with Crippen LogP contribution in [0.5, 0.6) is 0 Å². The summed E-state index contributed by atoms with van der Waals surface area (Å²) in [7, 11) is 0. The number of nitrogens with zero attached hydrogens (tertiary/aromatic N) is 2. The third kappa shape index (κ3) is 2.93. The molecule has 1 atom stereocenters. The molecule has 2 heterocycles. The van der Waals surface area contributed by atoms with Crippen LogP contribution in [0.1, 0.15) is 35.5 Å². The zero-order chi connectivity index (χ0) is 13.0. The third-order valence-electron chi connectivity index (χ3n) is 3.12. The Kier molecular flexibility index (Phi) is 4.05. The SMILES string of the molecule is CCc1ccc(CC(N)c2ncccc2C)nc1. The molecule has 0 spiro atoms. The highest BCUT2D eigenvalue weighted by atomic mass is 14.8. The van der Waals surface area contributed by atoms with Crippen LogP contribution in [0.3, 0.4) is 0 Å². The third-order valence-corrected chi connectivity index (χ3v) is 3.12. The smallest absolute Gasteiger partial charge is 0.0604 e. The molecule has 18 heavy (non-hydrogen) atoms. The first kappa shape index (κ1) is 12.7. The first-order valence-corrected chi connectivity index (χ1v) is 6.31. The second-order valence-electron chi connectivity index (χ2n) is 4.53. The van der Waals surface area contributed by atoms with Crippen LogP contribution >= 0.6 is 0 Å². The van der Waals surface area contributed by atoms with E-state index >= 15 is 0 Å². The topological polar surface area (TPSA) is 51.8 Å². The predicted octanol–water partition coefficient (Wildman–Crippen LogP) is 2.59. The summed E-state index contributed by atoms with van der Waals surface area (Å²) < 4.78 is 0. The number of hydrogen-bond donors (Lipinski definition) is 1. The van der Waals surface area contributed by atoms with Gasteiger partial charge in [-0.25, -0.2) is 0 Å². The van der Waals surface area contributed by atoms with E-state index in [4.69, 9.17) is 5.73 Å². The highest BCUT2D eigenvalue weighted by Gasteiger charge is 2.11. The minimum absolute atomic E-state index is 0.0915. The molecule has 0 bridgehead atoms. The molecule has 2 aromatic heterocycles. The van der Waals surface area contributed by atoms with Crippen molar-refractivity contribution >= 4 is 0 Å².